The van der Waals surface area contributed by atoms with Crippen LogP contribution in [0.1, 0.15) is 11.1 Å². The van der Waals surface area contributed by atoms with E-state index in [-0.39, 0.29) is 4.90 Å². The summed E-state index contributed by atoms with van der Waals surface area (Å²) >= 11 is 0. The summed E-state index contributed by atoms with van der Waals surface area (Å²) in [5, 5.41) is 0. The van der Waals surface area contributed by atoms with Crippen molar-refractivity contribution in [1.29, 1.82) is 0 Å². The molecule has 0 radical (unpaired) electrons. The molecule has 6 nitrogen and oxygen atoms in total. The predicted octanol–water partition coefficient (Wildman–Crippen LogP) is 1.10. The SMILES string of the molecule is COc1ccc(S(=O)(=O)N2CC[NH+](Cc3ccc(C)cc3)CC2)cc1OC. The molecule has 146 valence electrons. The molecule has 1 aliphatic heterocycles. The molecule has 1 heterocycles. The number of aryl methyl sites for hydroxylation is 1. The molecule has 2 aromatic carbocycles. The van der Waals surface area contributed by atoms with Gasteiger partial charge in [-0.25, -0.2) is 8.42 Å². The van der Waals surface area contributed by atoms with Crippen LogP contribution in [0, 0.1) is 6.92 Å². The second-order valence-corrected chi connectivity index (χ2v) is 8.77. The zero-order chi connectivity index (χ0) is 19.4. The van der Waals surface area contributed by atoms with Gasteiger partial charge in [0, 0.05) is 11.6 Å². The van der Waals surface area contributed by atoms with E-state index in [4.69, 9.17) is 9.47 Å². The number of benzene rings is 2. The maximum atomic E-state index is 13.0. The highest BCUT2D eigenvalue weighted by molar-refractivity contribution is 7.89. The highest BCUT2D eigenvalue weighted by Crippen LogP contribution is 2.30. The smallest absolute Gasteiger partial charge is 0.243 e. The second kappa shape index (κ2) is 8.29. The van der Waals surface area contributed by atoms with Gasteiger partial charge < -0.3 is 14.4 Å². The number of nitrogens with one attached hydrogen (secondary N) is 1. The molecule has 2 aromatic rings. The van der Waals surface area contributed by atoms with Gasteiger partial charge in [-0.3, -0.25) is 0 Å². The Labute approximate surface area is 161 Å². The maximum absolute atomic E-state index is 13.0. The summed E-state index contributed by atoms with van der Waals surface area (Å²) in [6, 6.07) is 13.3. The van der Waals surface area contributed by atoms with Gasteiger partial charge in [0.1, 0.15) is 6.54 Å². The maximum Gasteiger partial charge on any atom is 0.243 e. The zero-order valence-corrected chi connectivity index (χ0v) is 16.9. The molecule has 0 unspecified atom stereocenters. The third kappa shape index (κ3) is 4.43. The number of rotatable bonds is 6. The fourth-order valence-corrected chi connectivity index (χ4v) is 4.80. The zero-order valence-electron chi connectivity index (χ0n) is 16.1. The molecule has 0 aliphatic carbocycles. The number of quaternary nitrogens is 1. The molecule has 1 fully saturated rings. The van der Waals surface area contributed by atoms with Crippen molar-refractivity contribution in [3.63, 3.8) is 0 Å². The largest absolute Gasteiger partial charge is 0.493 e. The van der Waals surface area contributed by atoms with E-state index in [0.717, 1.165) is 19.6 Å². The van der Waals surface area contributed by atoms with Crippen LogP contribution in [-0.2, 0) is 16.6 Å². The fourth-order valence-electron chi connectivity index (χ4n) is 3.34. The molecule has 27 heavy (non-hydrogen) atoms. The Morgan fingerprint density at radius 2 is 1.59 bits per heavy atom. The van der Waals surface area contributed by atoms with Gasteiger partial charge in [0.15, 0.2) is 11.5 Å². The van der Waals surface area contributed by atoms with E-state index in [0.29, 0.717) is 24.6 Å². The summed E-state index contributed by atoms with van der Waals surface area (Å²) in [6.45, 7) is 5.61. The Hall–Kier alpha value is -2.09. The van der Waals surface area contributed by atoms with Crippen LogP contribution in [0.15, 0.2) is 47.4 Å². The molecular formula is C20H27N2O4S+. The van der Waals surface area contributed by atoms with Gasteiger partial charge in [-0.15, -0.1) is 0 Å². The number of nitrogens with zero attached hydrogens (tertiary/aromatic N) is 1. The molecule has 1 aliphatic rings. The van der Waals surface area contributed by atoms with Crippen LogP contribution in [0.2, 0.25) is 0 Å². The molecule has 0 bridgehead atoms. The number of hydrogen-bond donors (Lipinski definition) is 1. The first-order valence-electron chi connectivity index (χ1n) is 9.05. The number of ether oxygens (including phenoxy) is 2. The normalized spacial score (nSPS) is 16.3. The summed E-state index contributed by atoms with van der Waals surface area (Å²) in [6.07, 6.45) is 0. The Bertz CT molecular complexity index is 873. The monoisotopic (exact) mass is 391 g/mol. The lowest BCUT2D eigenvalue weighted by Gasteiger charge is -2.31. The van der Waals surface area contributed by atoms with Crippen molar-refractivity contribution >= 4 is 10.0 Å². The Balaban J connectivity index is 1.66. The van der Waals surface area contributed by atoms with E-state index in [1.165, 1.54) is 36.3 Å². The topological polar surface area (TPSA) is 60.3 Å². The average molecular weight is 392 g/mol. The highest BCUT2D eigenvalue weighted by atomic mass is 32.2. The summed E-state index contributed by atoms with van der Waals surface area (Å²) in [7, 11) is -0.506. The van der Waals surface area contributed by atoms with E-state index in [1.807, 2.05) is 0 Å². The van der Waals surface area contributed by atoms with E-state index in [2.05, 4.69) is 31.2 Å². The molecule has 0 amide bonds. The molecule has 3 rings (SSSR count). The molecule has 1 saturated heterocycles. The first-order chi connectivity index (χ1) is 12.9. The van der Waals surface area contributed by atoms with E-state index < -0.39 is 10.0 Å². The number of sulfonamides is 1. The Morgan fingerprint density at radius 1 is 0.963 bits per heavy atom. The number of piperazine rings is 1. The predicted molar refractivity (Wildman–Crippen MR) is 104 cm³/mol. The van der Waals surface area contributed by atoms with Gasteiger partial charge in [0.05, 0.1) is 45.3 Å². The lowest BCUT2D eigenvalue weighted by atomic mass is 10.1. The van der Waals surface area contributed by atoms with Crippen molar-refractivity contribution in [2.75, 3.05) is 40.4 Å². The third-order valence-corrected chi connectivity index (χ3v) is 6.89. The van der Waals surface area contributed by atoms with Crippen molar-refractivity contribution < 1.29 is 22.8 Å². The van der Waals surface area contributed by atoms with Gasteiger partial charge in [0.2, 0.25) is 10.0 Å². The second-order valence-electron chi connectivity index (χ2n) is 6.83. The summed E-state index contributed by atoms with van der Waals surface area (Å²) in [5.41, 5.74) is 2.53. The molecule has 1 N–H and O–H groups in total. The van der Waals surface area contributed by atoms with E-state index in [9.17, 15) is 8.42 Å². The minimum atomic E-state index is -3.54. The van der Waals surface area contributed by atoms with Crippen LogP contribution in [-0.4, -0.2) is 53.1 Å². The standard InChI is InChI=1S/C20H26N2O4S/c1-16-4-6-17(7-5-16)15-21-10-12-22(13-11-21)27(23,24)18-8-9-19(25-2)20(14-18)26-3/h4-9,14H,10-13,15H2,1-3H3/p+1. The van der Waals surface area contributed by atoms with Crippen LogP contribution in [0.3, 0.4) is 0 Å². The highest BCUT2D eigenvalue weighted by Gasteiger charge is 2.31. The van der Waals surface area contributed by atoms with Crippen LogP contribution >= 0.6 is 0 Å². The van der Waals surface area contributed by atoms with E-state index >= 15 is 0 Å². The Morgan fingerprint density at radius 3 is 2.19 bits per heavy atom. The van der Waals surface area contributed by atoms with Crippen molar-refractivity contribution in [1.82, 2.24) is 4.31 Å². The lowest BCUT2D eigenvalue weighted by Crippen LogP contribution is -3.13. The quantitative estimate of drug-likeness (QED) is 0.801. The molecular weight excluding hydrogens is 364 g/mol. The number of methoxy groups -OCH3 is 2. The first kappa shape index (κ1) is 19.7. The van der Waals surface area contributed by atoms with Crippen molar-refractivity contribution in [2.24, 2.45) is 0 Å². The van der Waals surface area contributed by atoms with Crippen molar-refractivity contribution in [2.45, 2.75) is 18.4 Å². The van der Waals surface area contributed by atoms with Gasteiger partial charge in [-0.1, -0.05) is 29.8 Å². The molecule has 0 atom stereocenters. The summed E-state index contributed by atoms with van der Waals surface area (Å²) in [5.74, 6) is 0.936. The minimum absolute atomic E-state index is 0.238. The first-order valence-corrected chi connectivity index (χ1v) is 10.5. The van der Waals surface area contributed by atoms with E-state index in [1.54, 1.807) is 16.4 Å². The molecule has 0 aromatic heterocycles. The summed E-state index contributed by atoms with van der Waals surface area (Å²) in [4.78, 5) is 1.64. The summed E-state index contributed by atoms with van der Waals surface area (Å²) < 4.78 is 37.9. The van der Waals surface area contributed by atoms with Gasteiger partial charge in [-0.2, -0.15) is 4.31 Å². The van der Waals surface area contributed by atoms with Gasteiger partial charge in [0.25, 0.3) is 0 Å². The van der Waals surface area contributed by atoms with Crippen LogP contribution in [0.5, 0.6) is 11.5 Å². The Kier molecular flexibility index (Phi) is 6.04. The molecule has 7 heteroatoms. The van der Waals surface area contributed by atoms with Crippen LogP contribution in [0.25, 0.3) is 0 Å². The van der Waals surface area contributed by atoms with Gasteiger partial charge in [-0.05, 0) is 19.1 Å². The minimum Gasteiger partial charge on any atom is -0.493 e. The lowest BCUT2D eigenvalue weighted by molar-refractivity contribution is -0.917. The van der Waals surface area contributed by atoms with Gasteiger partial charge >= 0.3 is 0 Å². The third-order valence-electron chi connectivity index (χ3n) is 5.00. The number of hydrogen-bond acceptors (Lipinski definition) is 4. The van der Waals surface area contributed by atoms with Crippen molar-refractivity contribution in [3.8, 4) is 11.5 Å². The molecule has 0 spiro atoms. The van der Waals surface area contributed by atoms with Crippen LogP contribution < -0.4 is 14.4 Å². The van der Waals surface area contributed by atoms with Crippen molar-refractivity contribution in [3.05, 3.63) is 53.6 Å². The fraction of sp³-hybridized carbons (Fsp3) is 0.400. The molecule has 0 saturated carbocycles. The van der Waals surface area contributed by atoms with Crippen LogP contribution in [0.4, 0.5) is 0 Å². The average Bonchev–Trinajstić information content (AvgIpc) is 2.69.